The fraction of sp³-hybridized carbons (Fsp3) is 0.222. The van der Waals surface area contributed by atoms with E-state index in [1.165, 1.54) is 11.1 Å². The van der Waals surface area contributed by atoms with Crippen molar-refractivity contribution >= 4 is 29.0 Å². The van der Waals surface area contributed by atoms with Gasteiger partial charge in [-0.05, 0) is 19.4 Å². The highest BCUT2D eigenvalue weighted by molar-refractivity contribution is 8.11. The van der Waals surface area contributed by atoms with Crippen LogP contribution >= 0.6 is 24.8 Å². The lowest BCUT2D eigenvalue weighted by molar-refractivity contribution is 1.38. The fourth-order valence-corrected chi connectivity index (χ4v) is 1.35. The molecule has 0 atom stereocenters. The number of hydrogen-bond donors (Lipinski definition) is 1. The van der Waals surface area contributed by atoms with Gasteiger partial charge in [-0.15, -0.1) is 12.6 Å². The maximum Gasteiger partial charge on any atom is 0.0747 e. The summed E-state index contributed by atoms with van der Waals surface area (Å²) in [6, 6.07) is 6.21. The van der Waals surface area contributed by atoms with E-state index in [9.17, 15) is 0 Å². The van der Waals surface area contributed by atoms with E-state index >= 15 is 0 Å². The SMILES string of the molecule is Cc1cc(C)cc(C(=S)S)c1. The van der Waals surface area contributed by atoms with Crippen LogP contribution in [0.1, 0.15) is 16.7 Å². The van der Waals surface area contributed by atoms with Crippen LogP contribution < -0.4 is 0 Å². The Labute approximate surface area is 78.0 Å². The standard InChI is InChI=1S/C9H10S2/c1-6-3-7(2)5-8(4-6)9(10)11/h3-5H,1-2H3,(H,10,11). The number of rotatable bonds is 1. The van der Waals surface area contributed by atoms with E-state index in [0.717, 1.165) is 5.56 Å². The molecule has 0 amide bonds. The summed E-state index contributed by atoms with van der Waals surface area (Å²) in [5.74, 6) is 0. The van der Waals surface area contributed by atoms with Crippen LogP contribution in [-0.2, 0) is 0 Å². The third kappa shape index (κ3) is 2.31. The molecule has 1 aromatic rings. The predicted molar refractivity (Wildman–Crippen MR) is 56.6 cm³/mol. The number of thiol groups is 1. The van der Waals surface area contributed by atoms with Gasteiger partial charge in [-0.1, -0.05) is 41.5 Å². The second kappa shape index (κ2) is 3.37. The Kier molecular flexibility index (Phi) is 2.68. The molecule has 0 bridgehead atoms. The van der Waals surface area contributed by atoms with E-state index in [-0.39, 0.29) is 0 Å². The Morgan fingerprint density at radius 1 is 1.18 bits per heavy atom. The smallest absolute Gasteiger partial charge is 0.0747 e. The zero-order valence-electron chi connectivity index (χ0n) is 6.59. The lowest BCUT2D eigenvalue weighted by Gasteiger charge is -2.01. The van der Waals surface area contributed by atoms with E-state index in [0.29, 0.717) is 4.20 Å². The predicted octanol–water partition coefficient (Wildman–Crippen LogP) is 2.91. The van der Waals surface area contributed by atoms with E-state index < -0.39 is 0 Å². The van der Waals surface area contributed by atoms with Gasteiger partial charge in [0.1, 0.15) is 0 Å². The first-order valence-corrected chi connectivity index (χ1v) is 4.27. The van der Waals surface area contributed by atoms with Gasteiger partial charge in [0.05, 0.1) is 4.20 Å². The molecule has 0 nitrogen and oxygen atoms in total. The third-order valence-corrected chi connectivity index (χ3v) is 1.96. The second-order valence-electron chi connectivity index (χ2n) is 2.68. The fourth-order valence-electron chi connectivity index (χ4n) is 1.10. The first-order chi connectivity index (χ1) is 5.09. The Morgan fingerprint density at radius 2 is 1.64 bits per heavy atom. The molecule has 1 rings (SSSR count). The van der Waals surface area contributed by atoms with Gasteiger partial charge in [-0.3, -0.25) is 0 Å². The molecule has 0 aliphatic rings. The van der Waals surface area contributed by atoms with Crippen molar-refractivity contribution in [2.75, 3.05) is 0 Å². The van der Waals surface area contributed by atoms with Crippen molar-refractivity contribution in [2.24, 2.45) is 0 Å². The highest BCUT2D eigenvalue weighted by Gasteiger charge is 1.96. The van der Waals surface area contributed by atoms with E-state index in [4.69, 9.17) is 12.2 Å². The van der Waals surface area contributed by atoms with Crippen molar-refractivity contribution in [1.82, 2.24) is 0 Å². The van der Waals surface area contributed by atoms with Crippen LogP contribution in [0.3, 0.4) is 0 Å². The van der Waals surface area contributed by atoms with Gasteiger partial charge in [0.25, 0.3) is 0 Å². The van der Waals surface area contributed by atoms with Crippen LogP contribution in [0.25, 0.3) is 0 Å². The summed E-state index contributed by atoms with van der Waals surface area (Å²) < 4.78 is 0.664. The van der Waals surface area contributed by atoms with Crippen LogP contribution in [-0.4, -0.2) is 4.20 Å². The quantitative estimate of drug-likeness (QED) is 0.515. The molecule has 0 spiro atoms. The molecule has 0 saturated carbocycles. The molecule has 1 aromatic carbocycles. The highest BCUT2D eigenvalue weighted by Crippen LogP contribution is 2.11. The van der Waals surface area contributed by atoms with Crippen LogP contribution in [0.15, 0.2) is 18.2 Å². The van der Waals surface area contributed by atoms with E-state index in [2.05, 4.69) is 32.5 Å². The van der Waals surface area contributed by atoms with E-state index in [1.54, 1.807) is 0 Å². The molecule has 0 aliphatic heterocycles. The third-order valence-electron chi connectivity index (χ3n) is 1.47. The molecule has 0 aromatic heterocycles. The maximum atomic E-state index is 4.95. The molecule has 0 N–H and O–H groups in total. The molecule has 0 heterocycles. The summed E-state index contributed by atoms with van der Waals surface area (Å²) in [5, 5.41) is 0. The summed E-state index contributed by atoms with van der Waals surface area (Å²) in [6.07, 6.45) is 0. The van der Waals surface area contributed by atoms with Gasteiger partial charge >= 0.3 is 0 Å². The number of aryl methyl sites for hydroxylation is 2. The Hall–Kier alpha value is -0.340. The van der Waals surface area contributed by atoms with Crippen LogP contribution in [0.2, 0.25) is 0 Å². The molecule has 0 radical (unpaired) electrons. The Balaban J connectivity index is 3.19. The first-order valence-electron chi connectivity index (χ1n) is 3.41. The van der Waals surface area contributed by atoms with Crippen molar-refractivity contribution in [2.45, 2.75) is 13.8 Å². The lowest BCUT2D eigenvalue weighted by Crippen LogP contribution is -1.89. The minimum atomic E-state index is 0.664. The number of thiocarbonyl (C=S) groups is 1. The van der Waals surface area contributed by atoms with Crippen molar-refractivity contribution < 1.29 is 0 Å². The monoisotopic (exact) mass is 182 g/mol. The first kappa shape index (κ1) is 8.75. The highest BCUT2D eigenvalue weighted by atomic mass is 32.1. The van der Waals surface area contributed by atoms with Gasteiger partial charge in [0.15, 0.2) is 0 Å². The van der Waals surface area contributed by atoms with Crippen molar-refractivity contribution in [1.29, 1.82) is 0 Å². The zero-order chi connectivity index (χ0) is 8.43. The molecule has 0 fully saturated rings. The van der Waals surface area contributed by atoms with Crippen molar-refractivity contribution in [3.8, 4) is 0 Å². The molecule has 0 saturated heterocycles. The Bertz CT molecular complexity index is 269. The summed E-state index contributed by atoms with van der Waals surface area (Å²) in [7, 11) is 0. The molecule has 0 unspecified atom stereocenters. The summed E-state index contributed by atoms with van der Waals surface area (Å²) >= 11 is 9.06. The van der Waals surface area contributed by atoms with Gasteiger partial charge < -0.3 is 0 Å². The summed E-state index contributed by atoms with van der Waals surface area (Å²) in [4.78, 5) is 0. The Morgan fingerprint density at radius 3 is 2.00 bits per heavy atom. The molecule has 2 heteroatoms. The largest absolute Gasteiger partial charge is 0.131 e. The van der Waals surface area contributed by atoms with Gasteiger partial charge in [0.2, 0.25) is 0 Å². The molecule has 11 heavy (non-hydrogen) atoms. The molecule has 0 aliphatic carbocycles. The maximum absolute atomic E-state index is 4.95. The average Bonchev–Trinajstić information content (AvgIpc) is 1.85. The van der Waals surface area contributed by atoms with Crippen LogP contribution in [0, 0.1) is 13.8 Å². The molecular formula is C9H10S2. The minimum Gasteiger partial charge on any atom is -0.131 e. The van der Waals surface area contributed by atoms with Gasteiger partial charge in [-0.25, -0.2) is 0 Å². The van der Waals surface area contributed by atoms with Crippen LogP contribution in [0.5, 0.6) is 0 Å². The molecular weight excluding hydrogens is 172 g/mol. The summed E-state index contributed by atoms with van der Waals surface area (Å²) in [6.45, 7) is 4.12. The van der Waals surface area contributed by atoms with Crippen molar-refractivity contribution in [3.63, 3.8) is 0 Å². The topological polar surface area (TPSA) is 0 Å². The van der Waals surface area contributed by atoms with Crippen molar-refractivity contribution in [3.05, 3.63) is 34.9 Å². The normalized spacial score (nSPS) is 9.73. The minimum absolute atomic E-state index is 0.664. The average molecular weight is 182 g/mol. The number of benzene rings is 1. The van der Waals surface area contributed by atoms with Gasteiger partial charge in [-0.2, -0.15) is 0 Å². The van der Waals surface area contributed by atoms with Gasteiger partial charge in [0, 0.05) is 0 Å². The second-order valence-corrected chi connectivity index (χ2v) is 3.84. The van der Waals surface area contributed by atoms with E-state index in [1.807, 2.05) is 12.1 Å². The molecule has 58 valence electrons. The summed E-state index contributed by atoms with van der Waals surface area (Å²) in [5.41, 5.74) is 3.51. The number of hydrogen-bond acceptors (Lipinski definition) is 1. The lowest BCUT2D eigenvalue weighted by atomic mass is 10.1. The zero-order valence-corrected chi connectivity index (χ0v) is 8.30. The van der Waals surface area contributed by atoms with Crippen LogP contribution in [0.4, 0.5) is 0 Å².